The fourth-order valence-corrected chi connectivity index (χ4v) is 3.42. The van der Waals surface area contributed by atoms with E-state index in [2.05, 4.69) is 15.1 Å². The van der Waals surface area contributed by atoms with Crippen LogP contribution in [0.1, 0.15) is 0 Å². The van der Waals surface area contributed by atoms with E-state index in [0.29, 0.717) is 23.9 Å². The highest BCUT2D eigenvalue weighted by molar-refractivity contribution is 7.99. The molecule has 7 heteroatoms. The number of halogens is 2. The van der Waals surface area contributed by atoms with Crippen LogP contribution in [0.15, 0.2) is 53.7 Å². The van der Waals surface area contributed by atoms with Crippen LogP contribution >= 0.6 is 11.8 Å². The van der Waals surface area contributed by atoms with E-state index in [-0.39, 0.29) is 11.6 Å². The van der Waals surface area contributed by atoms with E-state index >= 15 is 0 Å². The predicted molar refractivity (Wildman–Crippen MR) is 85.0 cm³/mol. The molecule has 0 saturated heterocycles. The third-order valence-corrected chi connectivity index (χ3v) is 4.65. The first-order valence-electron chi connectivity index (χ1n) is 7.03. The summed E-state index contributed by atoms with van der Waals surface area (Å²) in [6, 6.07) is 12.7. The summed E-state index contributed by atoms with van der Waals surface area (Å²) in [6.45, 7) is 0.535. The summed E-state index contributed by atoms with van der Waals surface area (Å²) in [5, 5.41) is 9.16. The number of hydrogen-bond donors (Lipinski definition) is 0. The number of benzene rings is 2. The second-order valence-corrected chi connectivity index (χ2v) is 6.09. The van der Waals surface area contributed by atoms with E-state index < -0.39 is 0 Å². The van der Waals surface area contributed by atoms with Gasteiger partial charge in [0.1, 0.15) is 11.6 Å². The van der Waals surface area contributed by atoms with Gasteiger partial charge in [-0.25, -0.2) is 8.78 Å². The van der Waals surface area contributed by atoms with Gasteiger partial charge >= 0.3 is 0 Å². The van der Waals surface area contributed by atoms with Gasteiger partial charge in [0.05, 0.1) is 12.5 Å². The van der Waals surface area contributed by atoms with Gasteiger partial charge in [0, 0.05) is 11.3 Å². The van der Waals surface area contributed by atoms with Crippen molar-refractivity contribution in [2.45, 2.75) is 11.8 Å². The van der Waals surface area contributed by atoms with Gasteiger partial charge in [-0.15, -0.1) is 10.2 Å². The van der Waals surface area contributed by atoms with E-state index in [4.69, 9.17) is 0 Å². The molecule has 23 heavy (non-hydrogen) atoms. The summed E-state index contributed by atoms with van der Waals surface area (Å²) in [5.41, 5.74) is 1.61. The Balaban J connectivity index is 1.69. The Hall–Kier alpha value is -2.41. The van der Waals surface area contributed by atoms with Crippen molar-refractivity contribution in [1.29, 1.82) is 0 Å². The van der Waals surface area contributed by atoms with Crippen LogP contribution in [0.3, 0.4) is 0 Å². The minimum Gasteiger partial charge on any atom is -0.344 e. The van der Waals surface area contributed by atoms with Gasteiger partial charge in [-0.2, -0.15) is 0 Å². The Labute approximate surface area is 135 Å². The van der Waals surface area contributed by atoms with Crippen molar-refractivity contribution in [2.75, 3.05) is 10.8 Å². The molecule has 4 nitrogen and oxygen atoms in total. The van der Waals surface area contributed by atoms with Crippen molar-refractivity contribution < 1.29 is 8.78 Å². The SMILES string of the molecule is Fc1ccc(N2CSc3nnc(-c4cccc(F)c4)n3C2)cc1. The van der Waals surface area contributed by atoms with Crippen molar-refractivity contribution in [3.8, 4) is 11.4 Å². The predicted octanol–water partition coefficient (Wildman–Crippen LogP) is 3.75. The molecule has 2 aromatic carbocycles. The lowest BCUT2D eigenvalue weighted by Crippen LogP contribution is -2.30. The molecule has 0 amide bonds. The van der Waals surface area contributed by atoms with Crippen molar-refractivity contribution in [2.24, 2.45) is 0 Å². The normalized spacial score (nSPS) is 13.9. The second-order valence-electron chi connectivity index (χ2n) is 5.18. The Bertz CT molecular complexity index is 848. The summed E-state index contributed by atoms with van der Waals surface area (Å²) in [7, 11) is 0. The molecule has 0 atom stereocenters. The molecule has 0 bridgehead atoms. The zero-order valence-corrected chi connectivity index (χ0v) is 12.8. The molecule has 0 saturated carbocycles. The number of hydrogen-bond acceptors (Lipinski definition) is 4. The molecule has 3 aromatic rings. The first kappa shape index (κ1) is 14.2. The number of rotatable bonds is 2. The van der Waals surface area contributed by atoms with Crippen molar-refractivity contribution in [3.63, 3.8) is 0 Å². The maximum Gasteiger partial charge on any atom is 0.194 e. The lowest BCUT2D eigenvalue weighted by molar-refractivity contribution is 0.603. The molecule has 2 heterocycles. The highest BCUT2D eigenvalue weighted by atomic mass is 32.2. The average Bonchev–Trinajstić information content (AvgIpc) is 2.98. The summed E-state index contributed by atoms with van der Waals surface area (Å²) < 4.78 is 28.5. The van der Waals surface area contributed by atoms with E-state index in [1.54, 1.807) is 30.0 Å². The number of nitrogens with zero attached hydrogens (tertiary/aromatic N) is 4. The van der Waals surface area contributed by atoms with Crippen LogP contribution in [0.2, 0.25) is 0 Å². The average molecular weight is 330 g/mol. The standard InChI is InChI=1S/C16H12F2N4S/c17-12-4-6-14(7-5-12)21-9-22-15(19-20-16(22)23-10-21)11-2-1-3-13(18)8-11/h1-8H,9-10H2. The zero-order valence-electron chi connectivity index (χ0n) is 12.0. The largest absolute Gasteiger partial charge is 0.344 e. The van der Waals surface area contributed by atoms with Crippen molar-refractivity contribution in [3.05, 3.63) is 60.2 Å². The van der Waals surface area contributed by atoms with Crippen LogP contribution < -0.4 is 4.90 Å². The summed E-state index contributed by atoms with van der Waals surface area (Å²) in [4.78, 5) is 2.09. The van der Waals surface area contributed by atoms with Crippen molar-refractivity contribution in [1.82, 2.24) is 14.8 Å². The Morgan fingerprint density at radius 1 is 0.957 bits per heavy atom. The number of fused-ring (bicyclic) bond motifs is 1. The molecule has 1 aliphatic heterocycles. The molecule has 0 spiro atoms. The quantitative estimate of drug-likeness (QED) is 0.717. The van der Waals surface area contributed by atoms with Crippen molar-refractivity contribution >= 4 is 17.4 Å². The van der Waals surface area contributed by atoms with Crippen LogP contribution in [-0.2, 0) is 6.67 Å². The number of anilines is 1. The molecule has 0 N–H and O–H groups in total. The van der Waals surface area contributed by atoms with Gasteiger partial charge in [-0.1, -0.05) is 23.9 Å². The molecule has 0 fully saturated rings. The highest BCUT2D eigenvalue weighted by Crippen LogP contribution is 2.31. The smallest absolute Gasteiger partial charge is 0.194 e. The van der Waals surface area contributed by atoms with Crippen LogP contribution in [0.5, 0.6) is 0 Å². The lowest BCUT2D eigenvalue weighted by atomic mass is 10.2. The topological polar surface area (TPSA) is 34.0 Å². The number of aromatic nitrogens is 3. The third kappa shape index (κ3) is 2.68. The zero-order chi connectivity index (χ0) is 15.8. The molecular weight excluding hydrogens is 318 g/mol. The van der Waals surface area contributed by atoms with Crippen LogP contribution in [0.25, 0.3) is 11.4 Å². The second kappa shape index (κ2) is 5.66. The van der Waals surface area contributed by atoms with E-state index in [0.717, 1.165) is 10.8 Å². The Morgan fingerprint density at radius 3 is 2.57 bits per heavy atom. The van der Waals surface area contributed by atoms with Gasteiger partial charge in [0.2, 0.25) is 0 Å². The summed E-state index contributed by atoms with van der Waals surface area (Å²) in [6.07, 6.45) is 0. The van der Waals surface area contributed by atoms with Gasteiger partial charge in [0.15, 0.2) is 11.0 Å². The van der Waals surface area contributed by atoms with Gasteiger partial charge < -0.3 is 4.90 Å². The Kier molecular flexibility index (Phi) is 3.49. The van der Waals surface area contributed by atoms with E-state index in [1.165, 1.54) is 24.3 Å². The fourth-order valence-electron chi connectivity index (χ4n) is 2.52. The van der Waals surface area contributed by atoms with E-state index in [9.17, 15) is 8.78 Å². The van der Waals surface area contributed by atoms with Crippen LogP contribution in [0.4, 0.5) is 14.5 Å². The molecule has 0 unspecified atom stereocenters. The highest BCUT2D eigenvalue weighted by Gasteiger charge is 2.22. The van der Waals surface area contributed by atoms with Gasteiger partial charge in [-0.3, -0.25) is 4.57 Å². The lowest BCUT2D eigenvalue weighted by Gasteiger charge is -2.29. The van der Waals surface area contributed by atoms with Gasteiger partial charge in [-0.05, 0) is 36.4 Å². The fraction of sp³-hybridized carbons (Fsp3) is 0.125. The van der Waals surface area contributed by atoms with Gasteiger partial charge in [0.25, 0.3) is 0 Å². The minimum absolute atomic E-state index is 0.260. The maximum absolute atomic E-state index is 13.5. The Morgan fingerprint density at radius 2 is 1.78 bits per heavy atom. The molecule has 0 radical (unpaired) electrons. The molecular formula is C16H12F2N4S. The monoisotopic (exact) mass is 330 g/mol. The summed E-state index contributed by atoms with van der Waals surface area (Å²) in [5.74, 6) is 0.758. The first-order chi connectivity index (χ1) is 11.2. The first-order valence-corrected chi connectivity index (χ1v) is 8.02. The minimum atomic E-state index is -0.307. The molecule has 116 valence electrons. The maximum atomic E-state index is 13.5. The molecule has 4 rings (SSSR count). The summed E-state index contributed by atoms with van der Waals surface area (Å²) >= 11 is 1.54. The van der Waals surface area contributed by atoms with Crippen LogP contribution in [0, 0.1) is 11.6 Å². The van der Waals surface area contributed by atoms with Crippen LogP contribution in [-0.4, -0.2) is 20.6 Å². The molecule has 0 aliphatic carbocycles. The molecule has 1 aromatic heterocycles. The van der Waals surface area contributed by atoms with E-state index in [1.807, 2.05) is 10.6 Å². The third-order valence-electron chi connectivity index (χ3n) is 3.65. The number of thioether (sulfide) groups is 1. The molecule has 1 aliphatic rings.